The molecule has 3 heteroatoms. The Morgan fingerprint density at radius 3 is 3.08 bits per heavy atom. The van der Waals surface area contributed by atoms with Gasteiger partial charge in [-0.1, -0.05) is 22.5 Å². The van der Waals surface area contributed by atoms with E-state index < -0.39 is 0 Å². The predicted molar refractivity (Wildman–Crippen MR) is 53.6 cm³/mol. The zero-order chi connectivity index (χ0) is 8.97. The van der Waals surface area contributed by atoms with E-state index in [-0.39, 0.29) is 0 Å². The first-order valence-corrected chi connectivity index (χ1v) is 4.65. The molecule has 1 heterocycles. The van der Waals surface area contributed by atoms with Gasteiger partial charge in [0.1, 0.15) is 11.4 Å². The minimum Gasteiger partial charge on any atom is -0.494 e. The Hall–Kier alpha value is -0.830. The molecule has 1 aromatic heterocycles. The van der Waals surface area contributed by atoms with Gasteiger partial charge in [0.2, 0.25) is 0 Å². The molecule has 0 aliphatic rings. The summed E-state index contributed by atoms with van der Waals surface area (Å²) >= 11 is 3.32. The van der Waals surface area contributed by atoms with Crippen molar-refractivity contribution in [2.75, 3.05) is 12.4 Å². The predicted octanol–water partition coefficient (Wildman–Crippen LogP) is 2.50. The highest BCUT2D eigenvalue weighted by Gasteiger charge is 2.05. The summed E-state index contributed by atoms with van der Waals surface area (Å²) in [6.45, 7) is 3.86. The van der Waals surface area contributed by atoms with E-state index in [4.69, 9.17) is 4.74 Å². The van der Waals surface area contributed by atoms with Gasteiger partial charge in [-0.15, -0.1) is 0 Å². The molecule has 0 saturated carbocycles. The van der Waals surface area contributed by atoms with Crippen LogP contribution in [-0.2, 0) is 0 Å². The second-order valence-corrected chi connectivity index (χ2v) is 2.85. The summed E-state index contributed by atoms with van der Waals surface area (Å²) in [5.41, 5.74) is 1.74. The van der Waals surface area contributed by atoms with E-state index in [0.717, 1.165) is 17.0 Å². The van der Waals surface area contributed by atoms with Gasteiger partial charge in [0, 0.05) is 11.5 Å². The van der Waals surface area contributed by atoms with Crippen LogP contribution in [0.1, 0.15) is 5.69 Å². The lowest BCUT2D eigenvalue weighted by atomic mass is 10.2. The lowest BCUT2D eigenvalue weighted by Crippen LogP contribution is -1.94. The molecule has 0 unspecified atom stereocenters. The van der Waals surface area contributed by atoms with E-state index in [1.807, 2.05) is 12.1 Å². The number of aromatic nitrogens is 1. The molecule has 1 aromatic rings. The standard InChI is InChI=1S/C9H10BrNO/c1-7(6-10)9-8(12-2)4-3-5-11-9/h3-5H,1,6H2,2H3. The molecule has 2 nitrogen and oxygen atoms in total. The fourth-order valence-corrected chi connectivity index (χ4v) is 1.15. The highest BCUT2D eigenvalue weighted by Crippen LogP contribution is 2.22. The third kappa shape index (κ3) is 1.85. The monoisotopic (exact) mass is 227 g/mol. The topological polar surface area (TPSA) is 22.1 Å². The van der Waals surface area contributed by atoms with Crippen molar-refractivity contribution < 1.29 is 4.74 Å². The molecule has 0 spiro atoms. The van der Waals surface area contributed by atoms with Crippen molar-refractivity contribution >= 4 is 21.5 Å². The SMILES string of the molecule is C=C(CBr)c1ncccc1OC. The van der Waals surface area contributed by atoms with E-state index in [1.54, 1.807) is 13.3 Å². The van der Waals surface area contributed by atoms with Gasteiger partial charge in [-0.05, 0) is 17.7 Å². The Labute approximate surface area is 80.4 Å². The average molecular weight is 228 g/mol. The minimum atomic E-state index is 0.709. The molecule has 0 N–H and O–H groups in total. The minimum absolute atomic E-state index is 0.709. The number of nitrogens with zero attached hydrogens (tertiary/aromatic N) is 1. The van der Waals surface area contributed by atoms with Crippen LogP contribution >= 0.6 is 15.9 Å². The second kappa shape index (κ2) is 4.26. The van der Waals surface area contributed by atoms with E-state index in [0.29, 0.717) is 5.33 Å². The Morgan fingerprint density at radius 1 is 1.75 bits per heavy atom. The summed E-state index contributed by atoms with van der Waals surface area (Å²) in [5, 5.41) is 0.709. The van der Waals surface area contributed by atoms with Gasteiger partial charge in [-0.25, -0.2) is 0 Å². The zero-order valence-corrected chi connectivity index (χ0v) is 8.47. The van der Waals surface area contributed by atoms with Crippen molar-refractivity contribution in [1.82, 2.24) is 4.98 Å². The number of halogens is 1. The van der Waals surface area contributed by atoms with Crippen LogP contribution < -0.4 is 4.74 Å². The van der Waals surface area contributed by atoms with E-state index in [9.17, 15) is 0 Å². The van der Waals surface area contributed by atoms with Crippen LogP contribution in [0.3, 0.4) is 0 Å². The third-order valence-corrected chi connectivity index (χ3v) is 2.16. The van der Waals surface area contributed by atoms with Gasteiger partial charge >= 0.3 is 0 Å². The van der Waals surface area contributed by atoms with E-state index >= 15 is 0 Å². The van der Waals surface area contributed by atoms with Crippen LogP contribution in [0.5, 0.6) is 5.75 Å². The van der Waals surface area contributed by atoms with Crippen LogP contribution in [0.15, 0.2) is 24.9 Å². The molecule has 0 radical (unpaired) electrons. The first kappa shape index (κ1) is 9.26. The molecule has 0 amide bonds. The van der Waals surface area contributed by atoms with Crippen LogP contribution in [0.25, 0.3) is 5.57 Å². The molecule has 1 rings (SSSR count). The van der Waals surface area contributed by atoms with Crippen molar-refractivity contribution in [3.8, 4) is 5.75 Å². The molecule has 0 aliphatic heterocycles. The van der Waals surface area contributed by atoms with Gasteiger partial charge in [-0.3, -0.25) is 4.98 Å². The molecular weight excluding hydrogens is 218 g/mol. The number of allylic oxidation sites excluding steroid dienone is 1. The number of hydrogen-bond donors (Lipinski definition) is 0. The molecule has 12 heavy (non-hydrogen) atoms. The van der Waals surface area contributed by atoms with Crippen LogP contribution in [0, 0.1) is 0 Å². The van der Waals surface area contributed by atoms with Gasteiger partial charge in [-0.2, -0.15) is 0 Å². The Kier molecular flexibility index (Phi) is 3.29. The number of alkyl halides is 1. The molecular formula is C9H10BrNO. The maximum absolute atomic E-state index is 5.12. The number of methoxy groups -OCH3 is 1. The summed E-state index contributed by atoms with van der Waals surface area (Å²) < 4.78 is 5.12. The lowest BCUT2D eigenvalue weighted by Gasteiger charge is -2.06. The van der Waals surface area contributed by atoms with Crippen molar-refractivity contribution in [1.29, 1.82) is 0 Å². The van der Waals surface area contributed by atoms with Gasteiger partial charge in [0.25, 0.3) is 0 Å². The molecule has 0 bridgehead atoms. The van der Waals surface area contributed by atoms with Crippen LogP contribution in [0.4, 0.5) is 0 Å². The maximum atomic E-state index is 5.12. The normalized spacial score (nSPS) is 9.50. The second-order valence-electron chi connectivity index (χ2n) is 2.29. The third-order valence-electron chi connectivity index (χ3n) is 1.49. The molecule has 0 aliphatic carbocycles. The summed E-state index contributed by atoms with van der Waals surface area (Å²) in [6, 6.07) is 3.71. The average Bonchev–Trinajstić information content (AvgIpc) is 2.16. The van der Waals surface area contributed by atoms with Crippen LogP contribution in [-0.4, -0.2) is 17.4 Å². The molecule has 0 saturated heterocycles. The lowest BCUT2D eigenvalue weighted by molar-refractivity contribution is 0.411. The van der Waals surface area contributed by atoms with Crippen molar-refractivity contribution in [2.24, 2.45) is 0 Å². The van der Waals surface area contributed by atoms with Crippen molar-refractivity contribution in [3.63, 3.8) is 0 Å². The van der Waals surface area contributed by atoms with E-state index in [2.05, 4.69) is 27.5 Å². The van der Waals surface area contributed by atoms with Crippen LogP contribution in [0.2, 0.25) is 0 Å². The quantitative estimate of drug-likeness (QED) is 0.741. The summed E-state index contributed by atoms with van der Waals surface area (Å²) in [4.78, 5) is 4.17. The molecule has 64 valence electrons. The maximum Gasteiger partial charge on any atom is 0.144 e. The summed E-state index contributed by atoms with van der Waals surface area (Å²) in [5.74, 6) is 0.766. The Bertz CT molecular complexity index is 286. The highest BCUT2D eigenvalue weighted by atomic mass is 79.9. The van der Waals surface area contributed by atoms with Crippen molar-refractivity contribution in [2.45, 2.75) is 0 Å². The number of hydrogen-bond acceptors (Lipinski definition) is 2. The number of rotatable bonds is 3. The zero-order valence-electron chi connectivity index (χ0n) is 6.88. The number of pyridine rings is 1. The first-order chi connectivity index (χ1) is 5.79. The first-order valence-electron chi connectivity index (χ1n) is 3.52. The van der Waals surface area contributed by atoms with E-state index in [1.165, 1.54) is 0 Å². The smallest absolute Gasteiger partial charge is 0.144 e. The molecule has 0 aromatic carbocycles. The van der Waals surface area contributed by atoms with Gasteiger partial charge < -0.3 is 4.74 Å². The number of ether oxygens (including phenoxy) is 1. The Morgan fingerprint density at radius 2 is 2.50 bits per heavy atom. The fourth-order valence-electron chi connectivity index (χ4n) is 0.884. The van der Waals surface area contributed by atoms with Gasteiger partial charge in [0.15, 0.2) is 0 Å². The largest absolute Gasteiger partial charge is 0.494 e. The highest BCUT2D eigenvalue weighted by molar-refractivity contribution is 9.09. The summed E-state index contributed by atoms with van der Waals surface area (Å²) in [7, 11) is 1.63. The fraction of sp³-hybridized carbons (Fsp3) is 0.222. The van der Waals surface area contributed by atoms with Crippen molar-refractivity contribution in [3.05, 3.63) is 30.6 Å². The molecule has 0 atom stereocenters. The molecule has 0 fully saturated rings. The Balaban J connectivity index is 3.04. The summed E-state index contributed by atoms with van der Waals surface area (Å²) in [6.07, 6.45) is 1.73. The van der Waals surface area contributed by atoms with Gasteiger partial charge in [0.05, 0.1) is 7.11 Å².